The molecule has 0 bridgehead atoms. The van der Waals surface area contributed by atoms with E-state index < -0.39 is 0 Å². The number of hydrogen-bond donors (Lipinski definition) is 1. The summed E-state index contributed by atoms with van der Waals surface area (Å²) in [4.78, 5) is 15.3. The number of rotatable bonds is 7. The van der Waals surface area contributed by atoms with E-state index in [0.717, 1.165) is 50.9 Å². The van der Waals surface area contributed by atoms with Crippen LogP contribution in [0.5, 0.6) is 0 Å². The van der Waals surface area contributed by atoms with Crippen molar-refractivity contribution in [1.29, 1.82) is 0 Å². The lowest BCUT2D eigenvalue weighted by Crippen LogP contribution is -2.41. The van der Waals surface area contributed by atoms with Gasteiger partial charge in [0, 0.05) is 13.1 Å². The number of nitrogens with one attached hydrogen (secondary N) is 1. The maximum atomic E-state index is 13.2. The van der Waals surface area contributed by atoms with E-state index in [1.54, 1.807) is 12.1 Å². The quantitative estimate of drug-likeness (QED) is 0.814. The van der Waals surface area contributed by atoms with Gasteiger partial charge in [-0.3, -0.25) is 4.79 Å². The van der Waals surface area contributed by atoms with Crippen molar-refractivity contribution in [2.45, 2.75) is 45.4 Å². The molecule has 1 aromatic carbocycles. The zero-order valence-corrected chi connectivity index (χ0v) is 15.5. The van der Waals surface area contributed by atoms with Crippen LogP contribution in [0.3, 0.4) is 0 Å². The third kappa shape index (κ3) is 5.27. The Morgan fingerprint density at radius 1 is 1.16 bits per heavy atom. The highest BCUT2D eigenvalue weighted by Crippen LogP contribution is 2.42. The minimum atomic E-state index is -0.244. The topological polar surface area (TPSA) is 32.3 Å². The van der Waals surface area contributed by atoms with Crippen molar-refractivity contribution in [3.8, 4) is 0 Å². The van der Waals surface area contributed by atoms with Crippen LogP contribution in [0.25, 0.3) is 0 Å². The summed E-state index contributed by atoms with van der Waals surface area (Å²) < 4.78 is 13.2. The molecule has 1 aromatic rings. The molecule has 1 aliphatic heterocycles. The molecule has 1 aliphatic carbocycles. The number of halogens is 1. The molecule has 4 heteroatoms. The zero-order chi connectivity index (χ0) is 17.8. The van der Waals surface area contributed by atoms with Crippen molar-refractivity contribution in [3.05, 3.63) is 35.6 Å². The summed E-state index contributed by atoms with van der Waals surface area (Å²) in [5.74, 6) is 1.50. The van der Waals surface area contributed by atoms with E-state index in [1.165, 1.54) is 18.7 Å². The van der Waals surface area contributed by atoms with E-state index in [9.17, 15) is 9.18 Å². The van der Waals surface area contributed by atoms with E-state index in [-0.39, 0.29) is 17.6 Å². The van der Waals surface area contributed by atoms with Gasteiger partial charge in [-0.25, -0.2) is 4.39 Å². The number of carbonyl (C=O) groups excluding carboxylic acids is 1. The van der Waals surface area contributed by atoms with Crippen molar-refractivity contribution >= 4 is 5.91 Å². The van der Waals surface area contributed by atoms with E-state index >= 15 is 0 Å². The Hall–Kier alpha value is -1.42. The smallest absolute Gasteiger partial charge is 0.227 e. The van der Waals surface area contributed by atoms with Crippen LogP contribution in [0.1, 0.15) is 51.0 Å². The Balaban J connectivity index is 1.49. The average Bonchev–Trinajstić information content (AvgIpc) is 3.41. The second kappa shape index (κ2) is 8.31. The summed E-state index contributed by atoms with van der Waals surface area (Å²) in [6, 6.07) is 6.45. The molecular weight excluding hydrogens is 315 g/mol. The molecule has 3 rings (SSSR count). The molecule has 2 fully saturated rings. The molecule has 0 aromatic heterocycles. The lowest BCUT2D eigenvalue weighted by atomic mass is 9.92. The number of carbonyl (C=O) groups is 1. The van der Waals surface area contributed by atoms with Crippen LogP contribution >= 0.6 is 0 Å². The monoisotopic (exact) mass is 346 g/mol. The number of benzene rings is 1. The lowest BCUT2D eigenvalue weighted by molar-refractivity contribution is -0.123. The first-order valence-electron chi connectivity index (χ1n) is 9.78. The highest BCUT2D eigenvalue weighted by molar-refractivity contribution is 5.84. The molecule has 0 spiro atoms. The van der Waals surface area contributed by atoms with Gasteiger partial charge >= 0.3 is 0 Å². The van der Waals surface area contributed by atoms with Gasteiger partial charge in [-0.1, -0.05) is 26.0 Å². The molecular formula is C21H31FN2O. The average molecular weight is 346 g/mol. The van der Waals surface area contributed by atoms with Crippen molar-refractivity contribution < 1.29 is 9.18 Å². The summed E-state index contributed by atoms with van der Waals surface area (Å²) in [5, 5.41) is 3.19. The zero-order valence-electron chi connectivity index (χ0n) is 15.5. The van der Waals surface area contributed by atoms with Gasteiger partial charge in [-0.05, 0) is 74.2 Å². The molecule has 0 radical (unpaired) electrons. The van der Waals surface area contributed by atoms with Crippen LogP contribution in [0.15, 0.2) is 24.3 Å². The minimum absolute atomic E-state index is 0.110. The van der Waals surface area contributed by atoms with Crippen LogP contribution in [0.2, 0.25) is 0 Å². The normalized spacial score (nSPS) is 20.6. The Morgan fingerprint density at radius 3 is 2.36 bits per heavy atom. The second-order valence-electron chi connectivity index (χ2n) is 8.25. The van der Waals surface area contributed by atoms with E-state index in [1.807, 2.05) is 0 Å². The van der Waals surface area contributed by atoms with Crippen LogP contribution in [0.4, 0.5) is 4.39 Å². The highest BCUT2D eigenvalue weighted by atomic mass is 19.1. The van der Waals surface area contributed by atoms with Gasteiger partial charge in [0.05, 0.1) is 5.92 Å². The summed E-state index contributed by atoms with van der Waals surface area (Å²) in [5.41, 5.74) is 0.952. The molecule has 3 nitrogen and oxygen atoms in total. The fourth-order valence-electron chi connectivity index (χ4n) is 3.98. The van der Waals surface area contributed by atoms with E-state index in [0.29, 0.717) is 17.8 Å². The first-order chi connectivity index (χ1) is 12.0. The first kappa shape index (κ1) is 18.4. The van der Waals surface area contributed by atoms with Crippen LogP contribution < -0.4 is 5.32 Å². The molecule has 2 aliphatic rings. The molecule has 1 saturated carbocycles. The van der Waals surface area contributed by atoms with Crippen LogP contribution in [-0.4, -0.2) is 37.0 Å². The van der Waals surface area contributed by atoms with Gasteiger partial charge in [-0.2, -0.15) is 0 Å². The summed E-state index contributed by atoms with van der Waals surface area (Å²) >= 11 is 0. The van der Waals surface area contributed by atoms with Gasteiger partial charge in [0.1, 0.15) is 5.82 Å². The maximum Gasteiger partial charge on any atom is 0.227 e. The van der Waals surface area contributed by atoms with Gasteiger partial charge in [0.2, 0.25) is 5.91 Å². The van der Waals surface area contributed by atoms with E-state index in [2.05, 4.69) is 24.1 Å². The predicted octanol–water partition coefficient (Wildman–Crippen LogP) is 3.80. The lowest BCUT2D eigenvalue weighted by Gasteiger charge is -2.33. The summed E-state index contributed by atoms with van der Waals surface area (Å²) in [6.07, 6.45) is 4.53. The van der Waals surface area contributed by atoms with Crippen LogP contribution in [0, 0.1) is 23.6 Å². The summed E-state index contributed by atoms with van der Waals surface area (Å²) in [6.45, 7) is 8.76. The number of amides is 1. The standard InChI is InChI=1S/C21H31FN2O/c1-15(2)14-24-11-9-16(10-12-24)13-23-21(25)20(17-3-4-17)18-5-7-19(22)8-6-18/h5-8,15-17,20H,3-4,9-14H2,1-2H3,(H,23,25). The highest BCUT2D eigenvalue weighted by Gasteiger charge is 2.37. The molecule has 1 saturated heterocycles. The third-order valence-electron chi connectivity index (χ3n) is 5.50. The number of nitrogens with zero attached hydrogens (tertiary/aromatic N) is 1. The summed E-state index contributed by atoms with van der Waals surface area (Å²) in [7, 11) is 0. The van der Waals surface area contributed by atoms with Crippen molar-refractivity contribution in [3.63, 3.8) is 0 Å². The number of likely N-dealkylation sites (tertiary alicyclic amines) is 1. The molecule has 1 amide bonds. The molecule has 138 valence electrons. The fourth-order valence-corrected chi connectivity index (χ4v) is 3.98. The van der Waals surface area contributed by atoms with Gasteiger partial charge in [0.25, 0.3) is 0 Å². The van der Waals surface area contributed by atoms with Crippen molar-refractivity contribution in [2.75, 3.05) is 26.2 Å². The molecule has 1 atom stereocenters. The molecule has 1 unspecified atom stereocenters. The second-order valence-corrected chi connectivity index (χ2v) is 8.25. The Kier molecular flexibility index (Phi) is 6.10. The maximum absolute atomic E-state index is 13.2. The van der Waals surface area contributed by atoms with Gasteiger partial charge in [-0.15, -0.1) is 0 Å². The Bertz CT molecular complexity index is 560. The van der Waals surface area contributed by atoms with Gasteiger partial charge in [0.15, 0.2) is 0 Å². The third-order valence-corrected chi connectivity index (χ3v) is 5.50. The Labute approximate surface area is 151 Å². The van der Waals surface area contributed by atoms with Crippen LogP contribution in [-0.2, 0) is 4.79 Å². The first-order valence-corrected chi connectivity index (χ1v) is 9.78. The van der Waals surface area contributed by atoms with Crippen molar-refractivity contribution in [2.24, 2.45) is 17.8 Å². The minimum Gasteiger partial charge on any atom is -0.355 e. The number of hydrogen-bond acceptors (Lipinski definition) is 2. The largest absolute Gasteiger partial charge is 0.355 e. The van der Waals surface area contributed by atoms with Gasteiger partial charge < -0.3 is 10.2 Å². The molecule has 1 heterocycles. The SMILES string of the molecule is CC(C)CN1CCC(CNC(=O)C(c2ccc(F)cc2)C2CC2)CC1. The fraction of sp³-hybridized carbons (Fsp3) is 0.667. The Morgan fingerprint density at radius 2 is 1.80 bits per heavy atom. The number of piperidine rings is 1. The molecule has 25 heavy (non-hydrogen) atoms. The predicted molar refractivity (Wildman–Crippen MR) is 98.9 cm³/mol. The van der Waals surface area contributed by atoms with Crippen molar-refractivity contribution in [1.82, 2.24) is 10.2 Å². The molecule has 1 N–H and O–H groups in total. The van der Waals surface area contributed by atoms with E-state index in [4.69, 9.17) is 0 Å².